The average Bonchev–Trinajstić information content (AvgIpc) is 3.41. The van der Waals surface area contributed by atoms with Crippen molar-refractivity contribution in [2.75, 3.05) is 13.1 Å². The monoisotopic (exact) mass is 531 g/mol. The van der Waals surface area contributed by atoms with Crippen molar-refractivity contribution in [3.8, 4) is 0 Å². The molecule has 0 bridgehead atoms. The summed E-state index contributed by atoms with van der Waals surface area (Å²) in [5, 5.41) is 5.13. The van der Waals surface area contributed by atoms with Crippen molar-refractivity contribution in [3.05, 3.63) is 47.5 Å². The van der Waals surface area contributed by atoms with Crippen LogP contribution < -0.4 is 5.73 Å². The molecule has 1 aromatic carbocycles. The third-order valence-electron chi connectivity index (χ3n) is 7.96. The molecule has 37 heavy (non-hydrogen) atoms. The molecule has 0 saturated carbocycles. The Kier molecular flexibility index (Phi) is 13.1. The van der Waals surface area contributed by atoms with Gasteiger partial charge in [-0.3, -0.25) is 14.3 Å². The maximum absolute atomic E-state index is 12.9. The third kappa shape index (κ3) is 9.76. The molecule has 1 saturated heterocycles. The molecule has 1 aromatic heterocycles. The number of halogens is 1. The summed E-state index contributed by atoms with van der Waals surface area (Å²) in [5.41, 5.74) is 6.27. The second kappa shape index (κ2) is 15.8. The first-order chi connectivity index (χ1) is 17.7. The summed E-state index contributed by atoms with van der Waals surface area (Å²) in [6.45, 7) is 10.9. The predicted octanol–water partition coefficient (Wildman–Crippen LogP) is 5.91. The van der Waals surface area contributed by atoms with Crippen LogP contribution in [0.2, 0.25) is 5.02 Å². The minimum Gasteiger partial charge on any atom is -0.369 e. The van der Waals surface area contributed by atoms with E-state index in [-0.39, 0.29) is 23.1 Å². The summed E-state index contributed by atoms with van der Waals surface area (Å²) in [7, 11) is 0. The number of nitrogens with two attached hydrogens (primary N) is 1. The van der Waals surface area contributed by atoms with Crippen LogP contribution in [0, 0.1) is 17.3 Å². The fraction of sp³-hybridized carbons (Fsp3) is 0.655. The highest BCUT2D eigenvalue weighted by Gasteiger charge is 2.41. The Morgan fingerprint density at radius 3 is 2.27 bits per heavy atom. The number of primary amides is 1. The highest BCUT2D eigenvalue weighted by Crippen LogP contribution is 2.44. The lowest BCUT2D eigenvalue weighted by Crippen LogP contribution is -2.48. The van der Waals surface area contributed by atoms with E-state index < -0.39 is 0 Å². The van der Waals surface area contributed by atoms with Crippen LogP contribution in [0.3, 0.4) is 0 Å². The quantitative estimate of drug-likeness (QED) is 0.368. The van der Waals surface area contributed by atoms with Crippen molar-refractivity contribution in [2.24, 2.45) is 23.0 Å². The number of hydrogen-bond donors (Lipinski definition) is 1. The Morgan fingerprint density at radius 2 is 1.78 bits per heavy atom. The summed E-state index contributed by atoms with van der Waals surface area (Å²) in [5.74, 6) is 0.761. The van der Waals surface area contributed by atoms with Gasteiger partial charge in [0.05, 0.1) is 0 Å². The molecule has 2 heterocycles. The van der Waals surface area contributed by atoms with Crippen LogP contribution in [0.25, 0.3) is 0 Å². The van der Waals surface area contributed by atoms with Crippen LogP contribution in [-0.4, -0.2) is 44.6 Å². The van der Waals surface area contributed by atoms with Crippen LogP contribution in [0.15, 0.2) is 36.9 Å². The number of aromatic nitrogens is 3. The summed E-state index contributed by atoms with van der Waals surface area (Å²) in [4.78, 5) is 29.2. The van der Waals surface area contributed by atoms with Gasteiger partial charge in [-0.2, -0.15) is 5.10 Å². The molecule has 2 atom stereocenters. The number of carbonyl (C=O) groups is 2. The third-order valence-corrected chi connectivity index (χ3v) is 8.21. The molecule has 1 aliphatic rings. The zero-order chi connectivity index (χ0) is 27.3. The first kappa shape index (κ1) is 30.8. The van der Waals surface area contributed by atoms with Gasteiger partial charge in [-0.15, -0.1) is 0 Å². The largest absolute Gasteiger partial charge is 0.369 e. The van der Waals surface area contributed by atoms with Gasteiger partial charge in [-0.1, -0.05) is 70.7 Å². The number of unbranched alkanes of at least 4 members (excludes halogenated alkanes) is 1. The number of benzene rings is 1. The Balaban J connectivity index is 0.000000604. The Bertz CT molecular complexity index is 924. The molecule has 1 aliphatic heterocycles. The van der Waals surface area contributed by atoms with Crippen LogP contribution in [0.5, 0.6) is 0 Å². The fourth-order valence-corrected chi connectivity index (χ4v) is 5.32. The molecule has 0 radical (unpaired) electrons. The highest BCUT2D eigenvalue weighted by molar-refractivity contribution is 6.30. The maximum Gasteiger partial charge on any atom is 0.222 e. The van der Waals surface area contributed by atoms with Gasteiger partial charge in [0.25, 0.3) is 0 Å². The molecule has 206 valence electrons. The second-order valence-electron chi connectivity index (χ2n) is 10.4. The summed E-state index contributed by atoms with van der Waals surface area (Å²) < 4.78 is 1.99. The van der Waals surface area contributed by atoms with E-state index in [4.69, 9.17) is 17.3 Å². The van der Waals surface area contributed by atoms with Crippen LogP contribution in [0.1, 0.15) is 84.6 Å². The fourth-order valence-electron chi connectivity index (χ4n) is 5.19. The van der Waals surface area contributed by atoms with Crippen LogP contribution >= 0.6 is 11.6 Å². The molecule has 0 aliphatic carbocycles. The standard InChI is InChI=1S/C24H35ClN4O.C5H11NO/c1-3-5-6-21(4-2)24(17-29-19-26-18-27-29)13-15-28(16-14-24)23(30)12-9-20-7-10-22(25)11-8-20;1-3-4(2)5(6)7/h7-8,10-11,18-19,21H,3-6,9,12-17H2,1-2H3;4H,3H2,1-2H3,(H2,6,7)/t;4-/m.1/s1. The Labute approximate surface area is 228 Å². The molecule has 1 fully saturated rings. The maximum atomic E-state index is 12.9. The van der Waals surface area contributed by atoms with E-state index in [9.17, 15) is 9.59 Å². The lowest BCUT2D eigenvalue weighted by Gasteiger charge is -2.46. The van der Waals surface area contributed by atoms with Crippen molar-refractivity contribution < 1.29 is 9.59 Å². The van der Waals surface area contributed by atoms with Crippen LogP contribution in [0.4, 0.5) is 0 Å². The molecule has 2 amide bonds. The van der Waals surface area contributed by atoms with Crippen molar-refractivity contribution in [1.82, 2.24) is 19.7 Å². The summed E-state index contributed by atoms with van der Waals surface area (Å²) in [6.07, 6.45) is 12.6. The van der Waals surface area contributed by atoms with Gasteiger partial charge >= 0.3 is 0 Å². The van der Waals surface area contributed by atoms with Gasteiger partial charge in [-0.05, 0) is 61.1 Å². The van der Waals surface area contributed by atoms with Crippen LogP contribution in [-0.2, 0) is 22.6 Å². The number of likely N-dealkylation sites (tertiary alicyclic amines) is 1. The van der Waals surface area contributed by atoms with Crippen molar-refractivity contribution in [3.63, 3.8) is 0 Å². The van der Waals surface area contributed by atoms with Gasteiger partial charge in [-0.25, -0.2) is 4.98 Å². The summed E-state index contributed by atoms with van der Waals surface area (Å²) in [6, 6.07) is 7.80. The van der Waals surface area contributed by atoms with Gasteiger partial charge in [0.15, 0.2) is 0 Å². The van der Waals surface area contributed by atoms with E-state index in [2.05, 4.69) is 28.8 Å². The molecular weight excluding hydrogens is 486 g/mol. The van der Waals surface area contributed by atoms with Gasteiger partial charge < -0.3 is 10.6 Å². The molecule has 8 heteroatoms. The number of rotatable bonds is 12. The normalized spacial score (nSPS) is 16.4. The number of carbonyl (C=O) groups excluding carboxylic acids is 2. The van der Waals surface area contributed by atoms with E-state index >= 15 is 0 Å². The molecule has 0 spiro atoms. The van der Waals surface area contributed by atoms with Crippen molar-refractivity contribution >= 4 is 23.4 Å². The lowest BCUT2D eigenvalue weighted by molar-refractivity contribution is -0.134. The average molecular weight is 532 g/mol. The highest BCUT2D eigenvalue weighted by atomic mass is 35.5. The van der Waals surface area contributed by atoms with Gasteiger partial charge in [0.1, 0.15) is 12.7 Å². The number of nitrogens with zero attached hydrogens (tertiary/aromatic N) is 4. The first-order valence-corrected chi connectivity index (χ1v) is 14.3. The lowest BCUT2D eigenvalue weighted by atomic mass is 9.66. The first-order valence-electron chi connectivity index (χ1n) is 13.9. The van der Waals surface area contributed by atoms with E-state index in [0.29, 0.717) is 12.3 Å². The molecular formula is C29H46ClN5O2. The molecule has 3 rings (SSSR count). The van der Waals surface area contributed by atoms with E-state index in [1.807, 2.05) is 49.1 Å². The van der Waals surface area contributed by atoms with E-state index in [1.54, 1.807) is 6.33 Å². The van der Waals surface area contributed by atoms with Gasteiger partial charge in [0.2, 0.25) is 11.8 Å². The Morgan fingerprint density at radius 1 is 1.11 bits per heavy atom. The topological polar surface area (TPSA) is 94.1 Å². The van der Waals surface area contributed by atoms with Crippen molar-refractivity contribution in [2.45, 2.75) is 92.0 Å². The molecule has 2 N–H and O–H groups in total. The number of piperidine rings is 1. The Hall–Kier alpha value is -2.41. The zero-order valence-electron chi connectivity index (χ0n) is 23.2. The molecule has 7 nitrogen and oxygen atoms in total. The number of aryl methyl sites for hydroxylation is 1. The van der Waals surface area contributed by atoms with Crippen molar-refractivity contribution in [1.29, 1.82) is 0 Å². The summed E-state index contributed by atoms with van der Waals surface area (Å²) >= 11 is 5.96. The number of hydrogen-bond acceptors (Lipinski definition) is 4. The molecule has 1 unspecified atom stereocenters. The predicted molar refractivity (Wildman–Crippen MR) is 150 cm³/mol. The minimum absolute atomic E-state index is 0.0417. The SMILES string of the molecule is CCCCC(CC)C1(Cn2cncn2)CCN(C(=O)CCc2ccc(Cl)cc2)CC1.CC[C@@H](C)C(N)=O. The van der Waals surface area contributed by atoms with E-state index in [1.165, 1.54) is 25.7 Å². The van der Waals surface area contributed by atoms with Gasteiger partial charge in [0, 0.05) is 37.0 Å². The number of amides is 2. The smallest absolute Gasteiger partial charge is 0.222 e. The van der Waals surface area contributed by atoms with E-state index in [0.717, 1.165) is 55.9 Å². The minimum atomic E-state index is -0.206. The zero-order valence-corrected chi connectivity index (χ0v) is 23.9. The second-order valence-corrected chi connectivity index (χ2v) is 10.9. The molecule has 2 aromatic rings.